The highest BCUT2D eigenvalue weighted by Gasteiger charge is 2.14. The van der Waals surface area contributed by atoms with Gasteiger partial charge in [-0.1, -0.05) is 28.1 Å². The summed E-state index contributed by atoms with van der Waals surface area (Å²) in [6.07, 6.45) is 1.59. The lowest BCUT2D eigenvalue weighted by Gasteiger charge is -2.15. The monoisotopic (exact) mass is 425 g/mol. The Morgan fingerprint density at radius 2 is 1.74 bits per heavy atom. The van der Waals surface area contributed by atoms with Crippen molar-refractivity contribution >= 4 is 32.5 Å². The van der Waals surface area contributed by atoms with E-state index < -0.39 is 0 Å². The summed E-state index contributed by atoms with van der Waals surface area (Å²) in [5, 5.41) is 13.8. The van der Waals surface area contributed by atoms with Gasteiger partial charge in [0, 0.05) is 28.7 Å². The number of aromatic nitrogens is 1. The maximum absolute atomic E-state index is 9.53. The number of halogens is 1. The standard InChI is InChI=1S/C21H20BrN3O2/c1-3-26-19-9-17-18(10-20(19)27-4-2)24-13-15(11-23)21(17)25-12-14-5-7-16(22)8-6-14/h5-10,13H,3-4,12H2,1-2H3,(H,24,25). The van der Waals surface area contributed by atoms with Gasteiger partial charge >= 0.3 is 0 Å². The number of anilines is 1. The van der Waals surface area contributed by atoms with Gasteiger partial charge in [-0.15, -0.1) is 0 Å². The molecule has 0 aliphatic rings. The molecule has 1 N–H and O–H groups in total. The lowest BCUT2D eigenvalue weighted by atomic mass is 10.1. The third-order valence-corrected chi connectivity index (χ3v) is 4.56. The van der Waals surface area contributed by atoms with E-state index in [4.69, 9.17) is 9.47 Å². The molecule has 0 fully saturated rings. The Morgan fingerprint density at radius 3 is 2.37 bits per heavy atom. The molecule has 0 radical (unpaired) electrons. The summed E-state index contributed by atoms with van der Waals surface area (Å²) >= 11 is 3.44. The number of ether oxygens (including phenoxy) is 2. The number of benzene rings is 2. The fourth-order valence-electron chi connectivity index (χ4n) is 2.80. The van der Waals surface area contributed by atoms with E-state index in [1.165, 1.54) is 0 Å². The molecule has 1 heterocycles. The molecule has 5 nitrogen and oxygen atoms in total. The second kappa shape index (κ2) is 8.74. The van der Waals surface area contributed by atoms with Gasteiger partial charge in [0.2, 0.25) is 0 Å². The normalized spacial score (nSPS) is 10.4. The topological polar surface area (TPSA) is 67.2 Å². The molecule has 27 heavy (non-hydrogen) atoms. The number of hydrogen-bond acceptors (Lipinski definition) is 5. The van der Waals surface area contributed by atoms with E-state index in [1.54, 1.807) is 6.20 Å². The van der Waals surface area contributed by atoms with Crippen LogP contribution in [0.1, 0.15) is 25.0 Å². The summed E-state index contributed by atoms with van der Waals surface area (Å²) in [5.41, 5.74) is 3.10. The van der Waals surface area contributed by atoms with E-state index in [9.17, 15) is 5.26 Å². The predicted molar refractivity (Wildman–Crippen MR) is 110 cm³/mol. The SMILES string of the molecule is CCOc1cc2ncc(C#N)c(NCc3ccc(Br)cc3)c2cc1OCC. The van der Waals surface area contributed by atoms with Gasteiger partial charge in [0.05, 0.1) is 30.0 Å². The average molecular weight is 426 g/mol. The molecule has 3 rings (SSSR count). The first-order valence-electron chi connectivity index (χ1n) is 8.77. The molecule has 2 aromatic carbocycles. The van der Waals surface area contributed by atoms with Gasteiger partial charge in [0.25, 0.3) is 0 Å². The molecule has 3 aromatic rings. The average Bonchev–Trinajstić information content (AvgIpc) is 2.68. The summed E-state index contributed by atoms with van der Waals surface area (Å²) in [5.74, 6) is 1.30. The van der Waals surface area contributed by atoms with Crippen molar-refractivity contribution in [1.29, 1.82) is 5.26 Å². The number of hydrogen-bond donors (Lipinski definition) is 1. The van der Waals surface area contributed by atoms with Crippen LogP contribution in [0, 0.1) is 11.3 Å². The molecule has 0 unspecified atom stereocenters. The molecule has 138 valence electrons. The van der Waals surface area contributed by atoms with Crippen molar-refractivity contribution in [2.45, 2.75) is 20.4 Å². The third kappa shape index (κ3) is 4.32. The minimum atomic E-state index is 0.492. The maximum Gasteiger partial charge on any atom is 0.163 e. The summed E-state index contributed by atoms with van der Waals surface area (Å²) in [6.45, 7) is 5.52. The first-order chi connectivity index (χ1) is 13.2. The lowest BCUT2D eigenvalue weighted by molar-refractivity contribution is 0.288. The van der Waals surface area contributed by atoms with Crippen LogP contribution in [-0.4, -0.2) is 18.2 Å². The van der Waals surface area contributed by atoms with Crippen molar-refractivity contribution in [3.05, 3.63) is 58.2 Å². The molecular formula is C21H20BrN3O2. The molecule has 0 aliphatic heterocycles. The molecule has 0 atom stereocenters. The van der Waals surface area contributed by atoms with Crippen LogP contribution in [0.15, 0.2) is 47.1 Å². The zero-order valence-corrected chi connectivity index (χ0v) is 16.8. The molecule has 1 aromatic heterocycles. The van der Waals surface area contributed by atoms with Crippen molar-refractivity contribution < 1.29 is 9.47 Å². The second-order valence-corrected chi connectivity index (χ2v) is 6.74. The molecular weight excluding hydrogens is 406 g/mol. The Labute approximate surface area is 167 Å². The Morgan fingerprint density at radius 1 is 1.07 bits per heavy atom. The van der Waals surface area contributed by atoms with Crippen LogP contribution >= 0.6 is 15.9 Å². The number of fused-ring (bicyclic) bond motifs is 1. The van der Waals surface area contributed by atoms with Gasteiger partial charge in [0.15, 0.2) is 11.5 Å². The minimum Gasteiger partial charge on any atom is -0.490 e. The van der Waals surface area contributed by atoms with Crippen LogP contribution in [0.5, 0.6) is 11.5 Å². The van der Waals surface area contributed by atoms with Crippen LogP contribution in [0.25, 0.3) is 10.9 Å². The maximum atomic E-state index is 9.53. The Hall–Kier alpha value is -2.78. The van der Waals surface area contributed by atoms with Crippen molar-refractivity contribution in [2.24, 2.45) is 0 Å². The fourth-order valence-corrected chi connectivity index (χ4v) is 3.07. The Balaban J connectivity index is 2.04. The highest BCUT2D eigenvalue weighted by Crippen LogP contribution is 2.36. The molecule has 0 aliphatic carbocycles. The number of nitrogens with one attached hydrogen (secondary N) is 1. The molecule has 0 saturated carbocycles. The molecule has 0 bridgehead atoms. The summed E-state index contributed by atoms with van der Waals surface area (Å²) in [7, 11) is 0. The number of nitriles is 1. The van der Waals surface area contributed by atoms with Crippen molar-refractivity contribution in [3.63, 3.8) is 0 Å². The number of pyridine rings is 1. The Kier molecular flexibility index (Phi) is 6.15. The summed E-state index contributed by atoms with van der Waals surface area (Å²) in [4.78, 5) is 4.42. The van der Waals surface area contributed by atoms with E-state index in [2.05, 4.69) is 32.3 Å². The lowest BCUT2D eigenvalue weighted by Crippen LogP contribution is -2.04. The van der Waals surface area contributed by atoms with Crippen LogP contribution in [0.2, 0.25) is 0 Å². The minimum absolute atomic E-state index is 0.492. The van der Waals surface area contributed by atoms with E-state index in [1.807, 2.05) is 50.2 Å². The predicted octanol–water partition coefficient (Wildman–Crippen LogP) is 5.28. The molecule has 0 amide bonds. The van der Waals surface area contributed by atoms with Crippen molar-refractivity contribution in [1.82, 2.24) is 4.98 Å². The highest BCUT2D eigenvalue weighted by molar-refractivity contribution is 9.10. The van der Waals surface area contributed by atoms with E-state index in [-0.39, 0.29) is 0 Å². The van der Waals surface area contributed by atoms with Crippen molar-refractivity contribution in [3.8, 4) is 17.6 Å². The van der Waals surface area contributed by atoms with Gasteiger partial charge in [-0.2, -0.15) is 5.26 Å². The van der Waals surface area contributed by atoms with Gasteiger partial charge in [-0.25, -0.2) is 0 Å². The quantitative estimate of drug-likeness (QED) is 0.557. The zero-order valence-electron chi connectivity index (χ0n) is 15.3. The van der Waals surface area contributed by atoms with Crippen molar-refractivity contribution in [2.75, 3.05) is 18.5 Å². The first-order valence-corrected chi connectivity index (χ1v) is 9.56. The van der Waals surface area contributed by atoms with E-state index in [0.29, 0.717) is 36.8 Å². The smallest absolute Gasteiger partial charge is 0.163 e. The molecule has 0 saturated heterocycles. The number of rotatable bonds is 7. The van der Waals surface area contributed by atoms with Gasteiger partial charge < -0.3 is 14.8 Å². The van der Waals surface area contributed by atoms with Gasteiger partial charge in [-0.05, 0) is 37.6 Å². The van der Waals surface area contributed by atoms with Gasteiger partial charge in [0.1, 0.15) is 6.07 Å². The fraction of sp³-hybridized carbons (Fsp3) is 0.238. The molecule has 0 spiro atoms. The highest BCUT2D eigenvalue weighted by atomic mass is 79.9. The van der Waals surface area contributed by atoms with Crippen LogP contribution < -0.4 is 14.8 Å². The summed E-state index contributed by atoms with van der Waals surface area (Å²) in [6, 6.07) is 14.0. The van der Waals surface area contributed by atoms with Crippen LogP contribution in [-0.2, 0) is 6.54 Å². The Bertz CT molecular complexity index is 981. The zero-order chi connectivity index (χ0) is 19.2. The van der Waals surface area contributed by atoms with Gasteiger partial charge in [-0.3, -0.25) is 4.98 Å². The summed E-state index contributed by atoms with van der Waals surface area (Å²) < 4.78 is 12.4. The van der Waals surface area contributed by atoms with E-state index in [0.717, 1.165) is 26.6 Å². The third-order valence-electron chi connectivity index (χ3n) is 4.04. The van der Waals surface area contributed by atoms with E-state index >= 15 is 0 Å². The largest absolute Gasteiger partial charge is 0.490 e. The molecule has 6 heteroatoms. The number of nitrogens with zero attached hydrogens (tertiary/aromatic N) is 2. The second-order valence-electron chi connectivity index (χ2n) is 5.82. The van der Waals surface area contributed by atoms with Crippen LogP contribution in [0.3, 0.4) is 0 Å². The first kappa shape index (κ1) is 19.0. The van der Waals surface area contributed by atoms with Crippen LogP contribution in [0.4, 0.5) is 5.69 Å².